The van der Waals surface area contributed by atoms with Gasteiger partial charge in [0.15, 0.2) is 0 Å². The van der Waals surface area contributed by atoms with Crippen molar-refractivity contribution >= 4 is 10.0 Å². The van der Waals surface area contributed by atoms with Gasteiger partial charge in [-0.25, -0.2) is 12.7 Å². The third-order valence-electron chi connectivity index (χ3n) is 4.83. The van der Waals surface area contributed by atoms with Crippen molar-refractivity contribution in [1.82, 2.24) is 9.29 Å². The topological polar surface area (TPSA) is 68.7 Å². The molecule has 2 atom stereocenters. The van der Waals surface area contributed by atoms with Crippen LogP contribution < -0.4 is 0 Å². The predicted octanol–water partition coefficient (Wildman–Crippen LogP) is 1.43. The molecule has 7 heteroatoms. The number of nitrogens with zero attached hydrogens (tertiary/aromatic N) is 2. The van der Waals surface area contributed by atoms with Crippen LogP contribution in [0.1, 0.15) is 24.8 Å². The molecule has 0 spiro atoms. The van der Waals surface area contributed by atoms with Gasteiger partial charge >= 0.3 is 0 Å². The van der Waals surface area contributed by atoms with E-state index in [4.69, 9.17) is 9.47 Å². The van der Waals surface area contributed by atoms with E-state index in [0.29, 0.717) is 26.3 Å². The fourth-order valence-electron chi connectivity index (χ4n) is 3.59. The van der Waals surface area contributed by atoms with E-state index in [-0.39, 0.29) is 11.5 Å². The van der Waals surface area contributed by atoms with E-state index in [9.17, 15) is 8.42 Å². The lowest BCUT2D eigenvalue weighted by molar-refractivity contribution is -0.144. The number of hydrogen-bond acceptors (Lipinski definition) is 5. The van der Waals surface area contributed by atoms with Crippen LogP contribution in [0, 0.1) is 5.41 Å². The van der Waals surface area contributed by atoms with Crippen molar-refractivity contribution < 1.29 is 17.9 Å². The Bertz CT molecular complexity index is 622. The van der Waals surface area contributed by atoms with E-state index >= 15 is 0 Å². The molecule has 1 aromatic rings. The zero-order valence-electron chi connectivity index (χ0n) is 13.5. The number of aromatic nitrogens is 1. The van der Waals surface area contributed by atoms with Crippen LogP contribution in [0.15, 0.2) is 24.5 Å². The average molecular weight is 340 g/mol. The van der Waals surface area contributed by atoms with Crippen LogP contribution >= 0.6 is 0 Å². The Hall–Kier alpha value is -1.02. The normalized spacial score (nSPS) is 29.2. The third-order valence-corrected chi connectivity index (χ3v) is 6.08. The Kier molecular flexibility index (Phi) is 5.01. The van der Waals surface area contributed by atoms with Crippen molar-refractivity contribution in [3.05, 3.63) is 30.1 Å². The number of rotatable bonds is 5. The third kappa shape index (κ3) is 3.91. The summed E-state index contributed by atoms with van der Waals surface area (Å²) in [5.74, 6) is 0. The Morgan fingerprint density at radius 1 is 1.43 bits per heavy atom. The Morgan fingerprint density at radius 2 is 2.22 bits per heavy atom. The molecule has 2 aliphatic rings. The van der Waals surface area contributed by atoms with Gasteiger partial charge in [0, 0.05) is 37.5 Å². The summed E-state index contributed by atoms with van der Waals surface area (Å²) in [5.41, 5.74) is 0.840. The molecule has 0 saturated carbocycles. The van der Waals surface area contributed by atoms with Gasteiger partial charge in [0.2, 0.25) is 10.0 Å². The Balaban J connectivity index is 1.68. The first-order chi connectivity index (χ1) is 11.0. The minimum Gasteiger partial charge on any atom is -0.377 e. The first-order valence-corrected chi connectivity index (χ1v) is 9.88. The summed E-state index contributed by atoms with van der Waals surface area (Å²) >= 11 is 0. The van der Waals surface area contributed by atoms with Crippen molar-refractivity contribution in [1.29, 1.82) is 0 Å². The SMILES string of the molecule is CS(=O)(=O)N1CC[C@H]2OCCC[C@@]2(COCc2ccncc2)C1. The molecule has 6 nitrogen and oxygen atoms in total. The maximum Gasteiger partial charge on any atom is 0.211 e. The first kappa shape index (κ1) is 16.8. The van der Waals surface area contributed by atoms with Crippen LogP contribution in [0.3, 0.4) is 0 Å². The lowest BCUT2D eigenvalue weighted by atomic mass is 9.73. The molecule has 2 fully saturated rings. The molecule has 2 saturated heterocycles. The van der Waals surface area contributed by atoms with Gasteiger partial charge in [-0.2, -0.15) is 0 Å². The highest BCUT2D eigenvalue weighted by Gasteiger charge is 2.47. The van der Waals surface area contributed by atoms with Crippen molar-refractivity contribution in [3.8, 4) is 0 Å². The second-order valence-electron chi connectivity index (χ2n) is 6.56. The fourth-order valence-corrected chi connectivity index (χ4v) is 4.52. The first-order valence-electron chi connectivity index (χ1n) is 8.03. The molecule has 3 rings (SSSR count). The van der Waals surface area contributed by atoms with Gasteiger partial charge < -0.3 is 9.47 Å². The van der Waals surface area contributed by atoms with Gasteiger partial charge in [0.1, 0.15) is 0 Å². The van der Waals surface area contributed by atoms with Crippen LogP contribution in [0.4, 0.5) is 0 Å². The summed E-state index contributed by atoms with van der Waals surface area (Å²) < 4.78 is 37.3. The van der Waals surface area contributed by atoms with Crippen LogP contribution in [0.25, 0.3) is 0 Å². The molecule has 2 aliphatic heterocycles. The molecule has 1 aromatic heterocycles. The largest absolute Gasteiger partial charge is 0.377 e. The van der Waals surface area contributed by atoms with E-state index in [0.717, 1.165) is 31.4 Å². The highest BCUT2D eigenvalue weighted by Crippen LogP contribution is 2.41. The lowest BCUT2D eigenvalue weighted by Gasteiger charge is -2.49. The summed E-state index contributed by atoms with van der Waals surface area (Å²) in [5, 5.41) is 0. The summed E-state index contributed by atoms with van der Waals surface area (Å²) in [6.07, 6.45) is 7.50. The molecular formula is C16H24N2O4S. The number of pyridine rings is 1. The number of hydrogen-bond donors (Lipinski definition) is 0. The molecule has 128 valence electrons. The van der Waals surface area contributed by atoms with Gasteiger partial charge in [0.25, 0.3) is 0 Å². The molecule has 0 unspecified atom stereocenters. The minimum absolute atomic E-state index is 0.0895. The molecule has 0 aromatic carbocycles. The summed E-state index contributed by atoms with van der Waals surface area (Å²) in [7, 11) is -3.18. The molecule has 0 radical (unpaired) electrons. The zero-order chi connectivity index (χ0) is 16.3. The van der Waals surface area contributed by atoms with E-state index < -0.39 is 10.0 Å². The van der Waals surface area contributed by atoms with Gasteiger partial charge in [-0.15, -0.1) is 0 Å². The summed E-state index contributed by atoms with van der Waals surface area (Å²) in [6.45, 7) is 2.82. The van der Waals surface area contributed by atoms with Crippen molar-refractivity contribution in [2.24, 2.45) is 5.41 Å². The highest BCUT2D eigenvalue weighted by molar-refractivity contribution is 7.88. The minimum atomic E-state index is -3.18. The number of ether oxygens (including phenoxy) is 2. The van der Waals surface area contributed by atoms with E-state index in [1.807, 2.05) is 12.1 Å². The smallest absolute Gasteiger partial charge is 0.211 e. The van der Waals surface area contributed by atoms with Crippen LogP contribution in [-0.4, -0.2) is 56.4 Å². The quantitative estimate of drug-likeness (QED) is 0.811. The second-order valence-corrected chi connectivity index (χ2v) is 8.54. The van der Waals surface area contributed by atoms with E-state index in [2.05, 4.69) is 4.98 Å². The second kappa shape index (κ2) is 6.84. The summed E-state index contributed by atoms with van der Waals surface area (Å²) in [6, 6.07) is 3.85. The van der Waals surface area contributed by atoms with E-state index in [1.165, 1.54) is 6.26 Å². The van der Waals surface area contributed by atoms with Crippen molar-refractivity contribution in [2.75, 3.05) is 32.6 Å². The lowest BCUT2D eigenvalue weighted by Crippen LogP contribution is -2.57. The number of fused-ring (bicyclic) bond motifs is 1. The van der Waals surface area contributed by atoms with Gasteiger partial charge in [-0.05, 0) is 37.0 Å². The highest BCUT2D eigenvalue weighted by atomic mass is 32.2. The fraction of sp³-hybridized carbons (Fsp3) is 0.688. The Labute approximate surface area is 137 Å². The molecular weight excluding hydrogens is 316 g/mol. The molecule has 0 bridgehead atoms. The van der Waals surface area contributed by atoms with Crippen LogP contribution in [0.5, 0.6) is 0 Å². The monoisotopic (exact) mass is 340 g/mol. The Morgan fingerprint density at radius 3 is 2.96 bits per heavy atom. The molecule has 3 heterocycles. The maximum absolute atomic E-state index is 11.9. The number of piperidine rings is 1. The molecule has 0 aliphatic carbocycles. The standard InChI is InChI=1S/C16H24N2O4S/c1-23(19,20)18-9-5-15-16(12-18,6-2-10-22-15)13-21-11-14-3-7-17-8-4-14/h3-4,7-8,15H,2,5-6,9-13H2,1H3/t15-,16+/m1/s1. The molecule has 23 heavy (non-hydrogen) atoms. The zero-order valence-corrected chi connectivity index (χ0v) is 14.3. The van der Waals surface area contributed by atoms with Crippen LogP contribution in [0.2, 0.25) is 0 Å². The van der Waals surface area contributed by atoms with Gasteiger partial charge in [-0.1, -0.05) is 0 Å². The predicted molar refractivity (Wildman–Crippen MR) is 86.3 cm³/mol. The van der Waals surface area contributed by atoms with E-state index in [1.54, 1.807) is 16.7 Å². The van der Waals surface area contributed by atoms with Gasteiger partial charge in [0.05, 0.1) is 25.6 Å². The number of sulfonamides is 1. The van der Waals surface area contributed by atoms with Crippen molar-refractivity contribution in [3.63, 3.8) is 0 Å². The van der Waals surface area contributed by atoms with Gasteiger partial charge in [-0.3, -0.25) is 4.98 Å². The maximum atomic E-state index is 11.9. The summed E-state index contributed by atoms with van der Waals surface area (Å²) in [4.78, 5) is 4.00. The average Bonchev–Trinajstić information content (AvgIpc) is 2.54. The molecule has 0 amide bonds. The van der Waals surface area contributed by atoms with Crippen LogP contribution in [-0.2, 0) is 26.1 Å². The van der Waals surface area contributed by atoms with Crippen molar-refractivity contribution in [2.45, 2.75) is 32.0 Å². The molecule has 0 N–H and O–H groups in total.